The van der Waals surface area contributed by atoms with Gasteiger partial charge in [0, 0.05) is 25.6 Å². The van der Waals surface area contributed by atoms with Gasteiger partial charge in [-0.2, -0.15) is 0 Å². The summed E-state index contributed by atoms with van der Waals surface area (Å²) in [5, 5.41) is 5.35. The van der Waals surface area contributed by atoms with Crippen LogP contribution in [0.2, 0.25) is 0 Å². The van der Waals surface area contributed by atoms with E-state index in [1.165, 1.54) is 7.11 Å². The first-order valence-corrected chi connectivity index (χ1v) is 8.18. The average molecular weight is 341 g/mol. The number of methoxy groups -OCH3 is 3. The lowest BCUT2D eigenvalue weighted by Gasteiger charge is -2.28. The molecule has 0 spiro atoms. The number of hydrogen-bond acceptors (Lipinski definition) is 5. The molecule has 1 heterocycles. The van der Waals surface area contributed by atoms with Gasteiger partial charge in [0.1, 0.15) is 17.4 Å². The standard InChI is InChI=1S/C20H23NO4/c1-5-13-8-15-9-16(7-6-14(15)10-18(13)23-2)20(25-4)11-17(21-12-20)19(22)24-3/h5-10,17,21H,1,11-12H2,2-4H3. The summed E-state index contributed by atoms with van der Waals surface area (Å²) in [5.74, 6) is 0.531. The molecule has 0 saturated carbocycles. The van der Waals surface area contributed by atoms with Crippen LogP contribution in [0.1, 0.15) is 17.5 Å². The molecule has 1 fully saturated rings. The summed E-state index contributed by atoms with van der Waals surface area (Å²) >= 11 is 0. The van der Waals surface area contributed by atoms with Gasteiger partial charge < -0.3 is 19.5 Å². The van der Waals surface area contributed by atoms with E-state index in [0.717, 1.165) is 27.6 Å². The molecule has 2 aromatic carbocycles. The number of esters is 1. The molecule has 5 heteroatoms. The van der Waals surface area contributed by atoms with E-state index in [1.807, 2.05) is 24.3 Å². The van der Waals surface area contributed by atoms with Gasteiger partial charge in [0.25, 0.3) is 0 Å². The summed E-state index contributed by atoms with van der Waals surface area (Å²) in [6.45, 7) is 4.40. The second-order valence-corrected chi connectivity index (χ2v) is 6.22. The van der Waals surface area contributed by atoms with Gasteiger partial charge in [-0.15, -0.1) is 0 Å². The van der Waals surface area contributed by atoms with Gasteiger partial charge >= 0.3 is 5.97 Å². The van der Waals surface area contributed by atoms with Crippen LogP contribution < -0.4 is 10.1 Å². The zero-order valence-corrected chi connectivity index (χ0v) is 14.8. The normalized spacial score (nSPS) is 22.8. The van der Waals surface area contributed by atoms with Crippen molar-refractivity contribution in [1.82, 2.24) is 5.32 Å². The molecule has 1 N–H and O–H groups in total. The van der Waals surface area contributed by atoms with Crippen LogP contribution in [0.5, 0.6) is 5.75 Å². The lowest BCUT2D eigenvalue weighted by Crippen LogP contribution is -2.31. The monoisotopic (exact) mass is 341 g/mol. The highest BCUT2D eigenvalue weighted by Crippen LogP contribution is 2.37. The van der Waals surface area contributed by atoms with Crippen molar-refractivity contribution >= 4 is 22.8 Å². The topological polar surface area (TPSA) is 56.8 Å². The first-order chi connectivity index (χ1) is 12.1. The Balaban J connectivity index is 2.02. The van der Waals surface area contributed by atoms with E-state index in [9.17, 15) is 4.79 Å². The maximum Gasteiger partial charge on any atom is 0.322 e. The largest absolute Gasteiger partial charge is 0.496 e. The van der Waals surface area contributed by atoms with Gasteiger partial charge in [0.15, 0.2) is 0 Å². The number of rotatable bonds is 5. The maximum atomic E-state index is 11.9. The SMILES string of the molecule is C=Cc1cc2cc(C3(OC)CNC(C(=O)OC)C3)ccc2cc1OC. The zero-order valence-electron chi connectivity index (χ0n) is 14.8. The minimum Gasteiger partial charge on any atom is -0.496 e. The minimum absolute atomic E-state index is 0.265. The van der Waals surface area contributed by atoms with Gasteiger partial charge in [0.05, 0.1) is 14.2 Å². The molecule has 1 aliphatic heterocycles. The lowest BCUT2D eigenvalue weighted by molar-refractivity contribution is -0.143. The number of nitrogens with one attached hydrogen (secondary N) is 1. The van der Waals surface area contributed by atoms with Gasteiger partial charge in [-0.1, -0.05) is 24.8 Å². The van der Waals surface area contributed by atoms with E-state index < -0.39 is 5.60 Å². The fourth-order valence-corrected chi connectivity index (χ4v) is 3.48. The van der Waals surface area contributed by atoms with E-state index in [2.05, 4.69) is 18.0 Å². The van der Waals surface area contributed by atoms with Crippen LogP contribution in [-0.4, -0.2) is 39.9 Å². The fraction of sp³-hybridized carbons (Fsp3) is 0.350. The Morgan fingerprint density at radius 3 is 2.68 bits per heavy atom. The molecule has 1 aliphatic rings. The highest BCUT2D eigenvalue weighted by Gasteiger charge is 2.43. The van der Waals surface area contributed by atoms with Crippen molar-refractivity contribution in [2.24, 2.45) is 0 Å². The fourth-order valence-electron chi connectivity index (χ4n) is 3.48. The van der Waals surface area contributed by atoms with Gasteiger partial charge in [-0.25, -0.2) is 0 Å². The van der Waals surface area contributed by atoms with Gasteiger partial charge in [-0.05, 0) is 34.5 Å². The molecule has 25 heavy (non-hydrogen) atoms. The molecule has 0 radical (unpaired) electrons. The molecule has 0 aromatic heterocycles. The molecule has 3 rings (SSSR count). The molecule has 0 amide bonds. The number of ether oxygens (including phenoxy) is 3. The number of benzene rings is 2. The van der Waals surface area contributed by atoms with E-state index in [4.69, 9.17) is 14.2 Å². The first kappa shape index (κ1) is 17.5. The number of fused-ring (bicyclic) bond motifs is 1. The van der Waals surface area contributed by atoms with Crippen molar-refractivity contribution in [3.05, 3.63) is 48.0 Å². The molecule has 5 nitrogen and oxygen atoms in total. The summed E-state index contributed by atoms with van der Waals surface area (Å²) in [5.41, 5.74) is 1.42. The molecular formula is C20H23NO4. The Kier molecular flexibility index (Phi) is 4.79. The smallest absolute Gasteiger partial charge is 0.322 e. The van der Waals surface area contributed by atoms with E-state index in [1.54, 1.807) is 20.3 Å². The van der Waals surface area contributed by atoms with Crippen LogP contribution in [0, 0.1) is 0 Å². The lowest BCUT2D eigenvalue weighted by atomic mass is 9.89. The zero-order chi connectivity index (χ0) is 18.0. The van der Waals surface area contributed by atoms with Crippen LogP contribution in [0.4, 0.5) is 0 Å². The summed E-state index contributed by atoms with van der Waals surface area (Å²) in [6, 6.07) is 9.88. The molecule has 0 bridgehead atoms. The highest BCUT2D eigenvalue weighted by molar-refractivity contribution is 5.88. The van der Waals surface area contributed by atoms with E-state index >= 15 is 0 Å². The van der Waals surface area contributed by atoms with Gasteiger partial charge in [0.2, 0.25) is 0 Å². The number of carbonyl (C=O) groups excluding carboxylic acids is 1. The predicted octanol–water partition coefficient (Wildman–Crippen LogP) is 2.87. The summed E-state index contributed by atoms with van der Waals surface area (Å²) in [6.07, 6.45) is 2.31. The average Bonchev–Trinajstić information content (AvgIpc) is 3.11. The molecule has 0 aliphatic carbocycles. The van der Waals surface area contributed by atoms with Crippen LogP contribution in [0.25, 0.3) is 16.8 Å². The minimum atomic E-state index is -0.554. The van der Waals surface area contributed by atoms with Gasteiger partial charge in [-0.3, -0.25) is 4.79 Å². The second-order valence-electron chi connectivity index (χ2n) is 6.22. The van der Waals surface area contributed by atoms with Crippen molar-refractivity contribution < 1.29 is 19.0 Å². The summed E-state index contributed by atoms with van der Waals surface area (Å²) < 4.78 is 16.1. The predicted molar refractivity (Wildman–Crippen MR) is 97.7 cm³/mol. The number of hydrogen-bond donors (Lipinski definition) is 1. The Bertz CT molecular complexity index is 817. The quantitative estimate of drug-likeness (QED) is 0.848. The molecular weight excluding hydrogens is 318 g/mol. The Hall–Kier alpha value is -2.37. The third kappa shape index (κ3) is 3.01. The van der Waals surface area contributed by atoms with Crippen LogP contribution in [0.3, 0.4) is 0 Å². The van der Waals surface area contributed by atoms with Crippen LogP contribution in [-0.2, 0) is 19.9 Å². The van der Waals surface area contributed by atoms with Crippen molar-refractivity contribution in [2.75, 3.05) is 27.9 Å². The van der Waals surface area contributed by atoms with Crippen molar-refractivity contribution in [3.63, 3.8) is 0 Å². The van der Waals surface area contributed by atoms with Crippen LogP contribution >= 0.6 is 0 Å². The first-order valence-electron chi connectivity index (χ1n) is 8.18. The second kappa shape index (κ2) is 6.86. The van der Waals surface area contributed by atoms with E-state index in [0.29, 0.717) is 13.0 Å². The Labute approximate surface area is 147 Å². The number of carbonyl (C=O) groups is 1. The summed E-state index contributed by atoms with van der Waals surface area (Å²) in [4.78, 5) is 11.9. The molecule has 132 valence electrons. The third-order valence-electron chi connectivity index (χ3n) is 4.98. The molecule has 1 saturated heterocycles. The third-order valence-corrected chi connectivity index (χ3v) is 4.98. The molecule has 2 unspecified atom stereocenters. The summed E-state index contributed by atoms with van der Waals surface area (Å²) in [7, 11) is 4.73. The van der Waals surface area contributed by atoms with Crippen LogP contribution in [0.15, 0.2) is 36.9 Å². The maximum absolute atomic E-state index is 11.9. The highest BCUT2D eigenvalue weighted by atomic mass is 16.5. The van der Waals surface area contributed by atoms with E-state index in [-0.39, 0.29) is 12.0 Å². The Morgan fingerprint density at radius 2 is 2.04 bits per heavy atom. The molecule has 2 atom stereocenters. The van der Waals surface area contributed by atoms with Crippen molar-refractivity contribution in [3.8, 4) is 5.75 Å². The van der Waals surface area contributed by atoms with Crippen molar-refractivity contribution in [1.29, 1.82) is 0 Å². The molecule has 2 aromatic rings. The van der Waals surface area contributed by atoms with Crippen molar-refractivity contribution in [2.45, 2.75) is 18.1 Å². The Morgan fingerprint density at radius 1 is 1.24 bits per heavy atom.